The van der Waals surface area contributed by atoms with E-state index in [2.05, 4.69) is 0 Å². The summed E-state index contributed by atoms with van der Waals surface area (Å²) in [6.45, 7) is 8.87. The van der Waals surface area contributed by atoms with Gasteiger partial charge in [-0.05, 0) is 40.2 Å². The predicted molar refractivity (Wildman–Crippen MR) is 107 cm³/mol. The van der Waals surface area contributed by atoms with E-state index in [1.807, 2.05) is 0 Å². The molecule has 8 nitrogen and oxygen atoms in total. The number of hydrogen-bond acceptors (Lipinski definition) is 7. The van der Waals surface area contributed by atoms with Crippen molar-refractivity contribution in [2.45, 2.75) is 40.5 Å². The highest BCUT2D eigenvalue weighted by Gasteiger charge is 2.40. The first-order valence-electron chi connectivity index (χ1n) is 9.40. The third-order valence-corrected chi connectivity index (χ3v) is 5.12. The summed E-state index contributed by atoms with van der Waals surface area (Å²) in [5, 5.41) is 11.5. The molecule has 0 fully saturated rings. The number of nitrogens with zero attached hydrogens (tertiary/aromatic N) is 2. The zero-order chi connectivity index (χ0) is 21.9. The van der Waals surface area contributed by atoms with E-state index in [-0.39, 0.29) is 30.0 Å². The third-order valence-electron chi connectivity index (χ3n) is 5.12. The lowest BCUT2D eigenvalue weighted by Gasteiger charge is -2.35. The van der Waals surface area contributed by atoms with Gasteiger partial charge in [-0.15, -0.1) is 0 Å². The van der Waals surface area contributed by atoms with Gasteiger partial charge >= 0.3 is 11.9 Å². The van der Waals surface area contributed by atoms with Crippen LogP contribution in [0.15, 0.2) is 40.7 Å². The Labute approximate surface area is 169 Å². The molecule has 1 aromatic rings. The van der Waals surface area contributed by atoms with Crippen LogP contribution in [-0.2, 0) is 19.1 Å². The molecule has 156 valence electrons. The number of nitro benzene ring substituents is 1. The maximum atomic E-state index is 12.8. The summed E-state index contributed by atoms with van der Waals surface area (Å²) in [6.07, 6.45) is 0. The molecule has 1 heterocycles. The highest BCUT2D eigenvalue weighted by Crippen LogP contribution is 2.43. The minimum Gasteiger partial charge on any atom is -0.463 e. The normalized spacial score (nSPS) is 14.9. The third kappa shape index (κ3) is 4.16. The molecule has 0 saturated carbocycles. The standard InChI is InChI=1S/C21H26N2O6/c1-7-28-20(24)17-13(4)22(6)14(5)18(21(25)29-8-2)19(17)15-10-9-12(3)16(11-15)23(26)27/h9-11,19H,7-8H2,1-6H3. The van der Waals surface area contributed by atoms with Gasteiger partial charge in [0.25, 0.3) is 5.69 Å². The summed E-state index contributed by atoms with van der Waals surface area (Å²) in [4.78, 5) is 38.4. The fraction of sp³-hybridized carbons (Fsp3) is 0.429. The molecule has 0 spiro atoms. The number of aryl methyl sites for hydroxylation is 1. The van der Waals surface area contributed by atoms with Crippen molar-refractivity contribution in [1.29, 1.82) is 0 Å². The van der Waals surface area contributed by atoms with E-state index in [1.165, 1.54) is 6.07 Å². The second kappa shape index (κ2) is 8.89. The Morgan fingerprint density at radius 1 is 1.03 bits per heavy atom. The van der Waals surface area contributed by atoms with Crippen molar-refractivity contribution in [3.63, 3.8) is 0 Å². The van der Waals surface area contributed by atoms with Gasteiger partial charge in [-0.1, -0.05) is 12.1 Å². The van der Waals surface area contributed by atoms with E-state index < -0.39 is 22.8 Å². The molecule has 0 radical (unpaired) electrons. The Bertz CT molecular complexity index is 874. The van der Waals surface area contributed by atoms with Crippen LogP contribution in [-0.4, -0.2) is 42.0 Å². The number of allylic oxidation sites excluding steroid dienone is 2. The molecule has 1 aliphatic heterocycles. The van der Waals surface area contributed by atoms with Crippen molar-refractivity contribution in [2.24, 2.45) is 0 Å². The minimum absolute atomic E-state index is 0.0804. The van der Waals surface area contributed by atoms with Crippen LogP contribution in [0.3, 0.4) is 0 Å². The Kier molecular flexibility index (Phi) is 6.79. The number of carbonyl (C=O) groups is 2. The van der Waals surface area contributed by atoms with E-state index in [4.69, 9.17) is 9.47 Å². The number of ether oxygens (including phenoxy) is 2. The second-order valence-corrected chi connectivity index (χ2v) is 6.73. The van der Waals surface area contributed by atoms with Gasteiger partial charge in [-0.2, -0.15) is 0 Å². The van der Waals surface area contributed by atoms with Gasteiger partial charge in [0, 0.05) is 30.1 Å². The summed E-state index contributed by atoms with van der Waals surface area (Å²) in [6, 6.07) is 4.71. The van der Waals surface area contributed by atoms with Crippen molar-refractivity contribution in [2.75, 3.05) is 20.3 Å². The monoisotopic (exact) mass is 402 g/mol. The second-order valence-electron chi connectivity index (χ2n) is 6.73. The number of nitro groups is 1. The number of esters is 2. The van der Waals surface area contributed by atoms with E-state index >= 15 is 0 Å². The Hall–Kier alpha value is -3.16. The van der Waals surface area contributed by atoms with Gasteiger partial charge in [0.1, 0.15) is 0 Å². The van der Waals surface area contributed by atoms with E-state index in [9.17, 15) is 19.7 Å². The SMILES string of the molecule is CCOC(=O)C1=C(C)N(C)C(C)=C(C(=O)OCC)C1c1ccc(C)c([N+](=O)[O-])c1. The molecule has 0 aliphatic carbocycles. The molecule has 0 N–H and O–H groups in total. The quantitative estimate of drug-likeness (QED) is 0.407. The summed E-state index contributed by atoms with van der Waals surface area (Å²) in [7, 11) is 1.75. The Morgan fingerprint density at radius 2 is 1.52 bits per heavy atom. The molecule has 1 aromatic carbocycles. The highest BCUT2D eigenvalue weighted by molar-refractivity contribution is 6.00. The van der Waals surface area contributed by atoms with Crippen molar-refractivity contribution >= 4 is 17.6 Å². The number of rotatable bonds is 6. The maximum absolute atomic E-state index is 12.8. The van der Waals surface area contributed by atoms with E-state index in [1.54, 1.807) is 58.7 Å². The average Bonchev–Trinajstić information content (AvgIpc) is 2.66. The van der Waals surface area contributed by atoms with Crippen LogP contribution in [0.2, 0.25) is 0 Å². The first-order chi connectivity index (χ1) is 13.6. The summed E-state index contributed by atoms with van der Waals surface area (Å²) in [5.41, 5.74) is 2.62. The van der Waals surface area contributed by atoms with Crippen LogP contribution in [0, 0.1) is 17.0 Å². The van der Waals surface area contributed by atoms with E-state index in [0.29, 0.717) is 22.5 Å². The largest absolute Gasteiger partial charge is 0.463 e. The first kappa shape index (κ1) is 22.1. The van der Waals surface area contributed by atoms with Crippen molar-refractivity contribution < 1.29 is 24.0 Å². The minimum atomic E-state index is -0.830. The molecular weight excluding hydrogens is 376 g/mol. The lowest BCUT2D eigenvalue weighted by molar-refractivity contribution is -0.385. The smallest absolute Gasteiger partial charge is 0.336 e. The molecule has 0 amide bonds. The Morgan fingerprint density at radius 3 is 1.93 bits per heavy atom. The molecule has 0 unspecified atom stereocenters. The zero-order valence-corrected chi connectivity index (χ0v) is 17.6. The molecule has 8 heteroatoms. The number of carbonyl (C=O) groups excluding carboxylic acids is 2. The van der Waals surface area contributed by atoms with Gasteiger partial charge in [-0.3, -0.25) is 10.1 Å². The summed E-state index contributed by atoms with van der Waals surface area (Å²) >= 11 is 0. The summed E-state index contributed by atoms with van der Waals surface area (Å²) < 4.78 is 10.5. The molecule has 0 bridgehead atoms. The number of benzene rings is 1. The van der Waals surface area contributed by atoms with Crippen LogP contribution in [0.25, 0.3) is 0 Å². The van der Waals surface area contributed by atoms with Crippen molar-refractivity contribution in [3.05, 3.63) is 62.0 Å². The molecular formula is C21H26N2O6. The van der Waals surface area contributed by atoms with Crippen LogP contribution >= 0.6 is 0 Å². The topological polar surface area (TPSA) is 99.0 Å². The zero-order valence-electron chi connectivity index (χ0n) is 17.6. The number of hydrogen-bond donors (Lipinski definition) is 0. The molecule has 0 saturated heterocycles. The van der Waals surface area contributed by atoms with Crippen LogP contribution in [0.5, 0.6) is 0 Å². The van der Waals surface area contributed by atoms with Gasteiger partial charge < -0.3 is 14.4 Å². The van der Waals surface area contributed by atoms with E-state index in [0.717, 1.165) is 0 Å². The van der Waals surface area contributed by atoms with Gasteiger partial charge in [0.2, 0.25) is 0 Å². The van der Waals surface area contributed by atoms with Crippen LogP contribution in [0.4, 0.5) is 5.69 Å². The lowest BCUT2D eigenvalue weighted by Crippen LogP contribution is -2.33. The lowest BCUT2D eigenvalue weighted by atomic mass is 9.79. The highest BCUT2D eigenvalue weighted by atomic mass is 16.6. The van der Waals surface area contributed by atoms with Gasteiger partial charge in [0.05, 0.1) is 35.2 Å². The summed E-state index contributed by atoms with van der Waals surface area (Å²) in [5.74, 6) is -1.97. The van der Waals surface area contributed by atoms with Crippen molar-refractivity contribution in [3.8, 4) is 0 Å². The fourth-order valence-electron chi connectivity index (χ4n) is 3.46. The first-order valence-corrected chi connectivity index (χ1v) is 9.40. The van der Waals surface area contributed by atoms with Crippen molar-refractivity contribution in [1.82, 2.24) is 4.90 Å². The van der Waals surface area contributed by atoms with Crippen LogP contribution < -0.4 is 0 Å². The van der Waals surface area contributed by atoms with Crippen LogP contribution in [0.1, 0.15) is 44.7 Å². The van der Waals surface area contributed by atoms with Gasteiger partial charge in [-0.25, -0.2) is 9.59 Å². The van der Waals surface area contributed by atoms with Gasteiger partial charge in [0.15, 0.2) is 0 Å². The molecule has 29 heavy (non-hydrogen) atoms. The Balaban J connectivity index is 2.80. The molecule has 0 aromatic heterocycles. The average molecular weight is 402 g/mol. The molecule has 1 aliphatic rings. The predicted octanol–water partition coefficient (Wildman–Crippen LogP) is 3.61. The maximum Gasteiger partial charge on any atom is 0.336 e. The fourth-order valence-corrected chi connectivity index (χ4v) is 3.46. The molecule has 0 atom stereocenters. The molecule has 2 rings (SSSR count).